The number of aromatic nitrogens is 1. The first-order valence-corrected chi connectivity index (χ1v) is 12.1. The number of rotatable bonds is 2. The van der Waals surface area contributed by atoms with Gasteiger partial charge in [0.2, 0.25) is 11.8 Å². The van der Waals surface area contributed by atoms with Gasteiger partial charge in [0.25, 0.3) is 5.91 Å². The summed E-state index contributed by atoms with van der Waals surface area (Å²) in [6.07, 6.45) is 4.27. The highest BCUT2D eigenvalue weighted by Gasteiger charge is 2.43. The van der Waals surface area contributed by atoms with Gasteiger partial charge in [0.05, 0.1) is 17.7 Å². The predicted octanol–water partition coefficient (Wildman–Crippen LogP) is 3.37. The molecule has 0 radical (unpaired) electrons. The van der Waals surface area contributed by atoms with Gasteiger partial charge in [0, 0.05) is 51.1 Å². The van der Waals surface area contributed by atoms with Crippen molar-refractivity contribution in [3.05, 3.63) is 53.3 Å². The number of benzene rings is 1. The molecule has 1 N–H and O–H groups in total. The lowest BCUT2D eigenvalue weighted by Gasteiger charge is -2.42. The van der Waals surface area contributed by atoms with Crippen molar-refractivity contribution in [2.45, 2.75) is 37.7 Å². The molecule has 2 aromatic rings. The van der Waals surface area contributed by atoms with Crippen LogP contribution in [0.2, 0.25) is 5.15 Å². The first-order chi connectivity index (χ1) is 16.4. The van der Waals surface area contributed by atoms with Crippen LogP contribution in [0, 0.1) is 5.92 Å². The van der Waals surface area contributed by atoms with Gasteiger partial charge in [-0.15, -0.1) is 0 Å². The normalized spacial score (nSPS) is 20.2. The van der Waals surface area contributed by atoms with Gasteiger partial charge in [0.15, 0.2) is 0 Å². The Labute approximate surface area is 203 Å². The average molecular weight is 483 g/mol. The number of ether oxygens (including phenoxy) is 1. The first kappa shape index (κ1) is 22.7. The molecular weight excluding hydrogens is 456 g/mol. The Morgan fingerprint density at radius 3 is 2.47 bits per heavy atom. The Morgan fingerprint density at radius 2 is 1.76 bits per heavy atom. The average Bonchev–Trinajstić information content (AvgIpc) is 2.99. The van der Waals surface area contributed by atoms with E-state index >= 15 is 0 Å². The molecule has 3 amide bonds. The van der Waals surface area contributed by atoms with Crippen molar-refractivity contribution in [1.29, 1.82) is 0 Å². The summed E-state index contributed by atoms with van der Waals surface area (Å²) in [6.45, 7) is 2.19. The number of likely N-dealkylation sites (tertiary alicyclic amines) is 2. The van der Waals surface area contributed by atoms with E-state index in [9.17, 15) is 14.4 Å². The SMILES string of the molecule is O=C1CC2(CCN(C(=O)C3CCN(C(=O)c4ccc(Cl)nc4)CC3)CC2)Oc2ccccc2N1. The summed E-state index contributed by atoms with van der Waals surface area (Å²) in [5.74, 6) is 0.576. The molecule has 0 atom stereocenters. The summed E-state index contributed by atoms with van der Waals surface area (Å²) in [4.78, 5) is 46.0. The van der Waals surface area contributed by atoms with Crippen molar-refractivity contribution in [2.75, 3.05) is 31.5 Å². The molecule has 3 aliphatic heterocycles. The van der Waals surface area contributed by atoms with Crippen molar-refractivity contribution >= 4 is 35.0 Å². The molecule has 5 rings (SSSR count). The van der Waals surface area contributed by atoms with Gasteiger partial charge >= 0.3 is 0 Å². The largest absolute Gasteiger partial charge is 0.484 e. The Balaban J connectivity index is 1.16. The molecule has 0 saturated carbocycles. The van der Waals surface area contributed by atoms with Gasteiger partial charge in [-0.25, -0.2) is 4.98 Å². The summed E-state index contributed by atoms with van der Waals surface area (Å²) < 4.78 is 6.34. The van der Waals surface area contributed by atoms with Crippen LogP contribution in [0.5, 0.6) is 5.75 Å². The van der Waals surface area contributed by atoms with Crippen molar-refractivity contribution in [3.8, 4) is 5.75 Å². The maximum Gasteiger partial charge on any atom is 0.255 e. The Kier molecular flexibility index (Phi) is 6.16. The summed E-state index contributed by atoms with van der Waals surface area (Å²) in [5, 5.41) is 3.27. The van der Waals surface area contributed by atoms with Crippen LogP contribution < -0.4 is 10.1 Å². The molecule has 178 valence electrons. The number of hydrogen-bond donors (Lipinski definition) is 1. The Hall–Kier alpha value is -3.13. The van der Waals surface area contributed by atoms with Gasteiger partial charge in [0.1, 0.15) is 16.5 Å². The number of piperidine rings is 2. The molecule has 1 aromatic carbocycles. The lowest BCUT2D eigenvalue weighted by molar-refractivity contribution is -0.141. The standard InChI is InChI=1S/C25H27ClN4O4/c26-21-6-5-18(16-27-21)24(33)29-11-7-17(8-12-29)23(32)30-13-9-25(10-14-30)15-22(31)28-19-3-1-2-4-20(19)34-25/h1-6,16-17H,7-15H2,(H,28,31). The zero-order valence-electron chi connectivity index (χ0n) is 18.8. The molecule has 2 fully saturated rings. The van der Waals surface area contributed by atoms with Crippen LogP contribution in [0.15, 0.2) is 42.6 Å². The second-order valence-corrected chi connectivity index (χ2v) is 9.65. The number of pyridine rings is 1. The van der Waals surface area contributed by atoms with Gasteiger partial charge < -0.3 is 19.9 Å². The molecule has 1 spiro atoms. The minimum Gasteiger partial charge on any atom is -0.484 e. The zero-order chi connectivity index (χ0) is 23.7. The van der Waals surface area contributed by atoms with E-state index in [1.165, 1.54) is 6.20 Å². The third-order valence-corrected chi connectivity index (χ3v) is 7.29. The number of hydrogen-bond acceptors (Lipinski definition) is 5. The van der Waals surface area contributed by atoms with Crippen LogP contribution in [-0.2, 0) is 9.59 Å². The molecule has 4 heterocycles. The fourth-order valence-corrected chi connectivity index (χ4v) is 5.21. The Morgan fingerprint density at radius 1 is 1.03 bits per heavy atom. The molecule has 0 unspecified atom stereocenters. The number of nitrogens with one attached hydrogen (secondary N) is 1. The number of halogens is 1. The van der Waals surface area contributed by atoms with Crippen LogP contribution >= 0.6 is 11.6 Å². The molecular formula is C25H27ClN4O4. The molecule has 2 saturated heterocycles. The van der Waals surface area contributed by atoms with E-state index in [0.717, 1.165) is 0 Å². The highest BCUT2D eigenvalue weighted by molar-refractivity contribution is 6.29. The van der Waals surface area contributed by atoms with Crippen LogP contribution in [-0.4, -0.2) is 64.3 Å². The zero-order valence-corrected chi connectivity index (χ0v) is 19.6. The Bertz CT molecular complexity index is 1090. The van der Waals surface area contributed by atoms with Gasteiger partial charge in [-0.3, -0.25) is 14.4 Å². The lowest BCUT2D eigenvalue weighted by Crippen LogP contribution is -2.52. The molecule has 8 nitrogen and oxygen atoms in total. The van der Waals surface area contributed by atoms with E-state index in [-0.39, 0.29) is 30.1 Å². The molecule has 0 bridgehead atoms. The number of anilines is 1. The summed E-state index contributed by atoms with van der Waals surface area (Å²) >= 11 is 5.81. The van der Waals surface area contributed by atoms with Crippen LogP contribution in [0.4, 0.5) is 5.69 Å². The van der Waals surface area contributed by atoms with E-state index < -0.39 is 5.60 Å². The highest BCUT2D eigenvalue weighted by atomic mass is 35.5. The fourth-order valence-electron chi connectivity index (χ4n) is 5.10. The number of fused-ring (bicyclic) bond motifs is 1. The fraction of sp³-hybridized carbons (Fsp3) is 0.440. The van der Waals surface area contributed by atoms with Gasteiger partial charge in [-0.05, 0) is 37.1 Å². The second kappa shape index (κ2) is 9.25. The number of nitrogens with zero attached hydrogens (tertiary/aromatic N) is 3. The monoisotopic (exact) mass is 482 g/mol. The molecule has 3 aliphatic rings. The maximum absolute atomic E-state index is 13.2. The van der Waals surface area contributed by atoms with Crippen LogP contribution in [0.3, 0.4) is 0 Å². The molecule has 9 heteroatoms. The van der Waals surface area contributed by atoms with Crippen molar-refractivity contribution in [3.63, 3.8) is 0 Å². The van der Waals surface area contributed by atoms with Gasteiger partial charge in [-0.1, -0.05) is 23.7 Å². The van der Waals surface area contributed by atoms with E-state index in [1.54, 1.807) is 17.0 Å². The van der Waals surface area contributed by atoms with E-state index in [0.29, 0.717) is 74.0 Å². The highest BCUT2D eigenvalue weighted by Crippen LogP contribution is 2.38. The summed E-state index contributed by atoms with van der Waals surface area (Å²) in [7, 11) is 0. The van der Waals surface area contributed by atoms with Crippen molar-refractivity contribution in [2.24, 2.45) is 5.92 Å². The number of para-hydroxylation sites is 2. The van der Waals surface area contributed by atoms with Crippen LogP contribution in [0.25, 0.3) is 0 Å². The third-order valence-electron chi connectivity index (χ3n) is 7.06. The molecule has 34 heavy (non-hydrogen) atoms. The van der Waals surface area contributed by atoms with E-state index in [1.807, 2.05) is 29.2 Å². The quantitative estimate of drug-likeness (QED) is 0.662. The molecule has 0 aliphatic carbocycles. The summed E-state index contributed by atoms with van der Waals surface area (Å²) in [6, 6.07) is 10.7. The topological polar surface area (TPSA) is 91.8 Å². The number of carbonyl (C=O) groups excluding carboxylic acids is 3. The number of carbonyl (C=O) groups is 3. The van der Waals surface area contributed by atoms with E-state index in [4.69, 9.17) is 16.3 Å². The first-order valence-electron chi connectivity index (χ1n) is 11.7. The molecule has 1 aromatic heterocycles. The van der Waals surface area contributed by atoms with E-state index in [2.05, 4.69) is 10.3 Å². The lowest BCUT2D eigenvalue weighted by atomic mass is 9.86. The van der Waals surface area contributed by atoms with Crippen molar-refractivity contribution < 1.29 is 19.1 Å². The minimum atomic E-state index is -0.587. The number of amides is 3. The maximum atomic E-state index is 13.2. The minimum absolute atomic E-state index is 0.0577. The smallest absolute Gasteiger partial charge is 0.255 e. The second-order valence-electron chi connectivity index (χ2n) is 9.27. The van der Waals surface area contributed by atoms with Gasteiger partial charge in [-0.2, -0.15) is 0 Å². The summed E-state index contributed by atoms with van der Waals surface area (Å²) in [5.41, 5.74) is 0.610. The van der Waals surface area contributed by atoms with Crippen molar-refractivity contribution in [1.82, 2.24) is 14.8 Å². The third kappa shape index (κ3) is 4.59. The van der Waals surface area contributed by atoms with Crippen LogP contribution in [0.1, 0.15) is 42.5 Å². The predicted molar refractivity (Wildman–Crippen MR) is 127 cm³/mol.